The molecule has 2 saturated carbocycles. The van der Waals surface area contributed by atoms with Crippen molar-refractivity contribution in [1.82, 2.24) is 5.32 Å². The fourth-order valence-corrected chi connectivity index (χ4v) is 2.74. The molecule has 2 fully saturated rings. The van der Waals surface area contributed by atoms with Crippen LogP contribution >= 0.6 is 0 Å². The van der Waals surface area contributed by atoms with Gasteiger partial charge < -0.3 is 10.4 Å². The monoisotopic (exact) mass is 293 g/mol. The van der Waals surface area contributed by atoms with Crippen molar-refractivity contribution in [2.75, 3.05) is 6.54 Å². The van der Waals surface area contributed by atoms with Crippen molar-refractivity contribution in [1.29, 1.82) is 0 Å². The summed E-state index contributed by atoms with van der Waals surface area (Å²) in [5.41, 5.74) is -0.881. The Morgan fingerprint density at radius 3 is 2.40 bits per heavy atom. The molecule has 7 heteroatoms. The number of aliphatic carboxylic acids is 1. The van der Waals surface area contributed by atoms with Gasteiger partial charge in [0.15, 0.2) is 0 Å². The molecule has 2 aliphatic carbocycles. The molecule has 2 unspecified atom stereocenters. The molecule has 4 nitrogen and oxygen atoms in total. The summed E-state index contributed by atoms with van der Waals surface area (Å²) >= 11 is 0. The molecule has 2 aliphatic rings. The molecule has 0 aromatic carbocycles. The Bertz CT molecular complexity index is 404. The number of hydrogen-bond acceptors (Lipinski definition) is 2. The largest absolute Gasteiger partial charge is 0.481 e. The van der Waals surface area contributed by atoms with Gasteiger partial charge in [0.1, 0.15) is 0 Å². The van der Waals surface area contributed by atoms with Gasteiger partial charge in [-0.1, -0.05) is 6.42 Å². The van der Waals surface area contributed by atoms with Crippen LogP contribution < -0.4 is 5.32 Å². The number of amides is 1. The van der Waals surface area contributed by atoms with Crippen molar-refractivity contribution in [2.24, 2.45) is 17.3 Å². The average Bonchev–Trinajstić information content (AvgIpc) is 3.16. The zero-order valence-electron chi connectivity index (χ0n) is 11.0. The van der Waals surface area contributed by atoms with Crippen molar-refractivity contribution >= 4 is 11.9 Å². The van der Waals surface area contributed by atoms with Gasteiger partial charge in [-0.15, -0.1) is 0 Å². The number of rotatable bonds is 4. The zero-order chi connectivity index (χ0) is 15.0. The molecule has 0 aliphatic heterocycles. The average molecular weight is 293 g/mol. The van der Waals surface area contributed by atoms with E-state index in [1.54, 1.807) is 0 Å². The molecule has 0 saturated heterocycles. The van der Waals surface area contributed by atoms with Crippen molar-refractivity contribution in [3.8, 4) is 0 Å². The summed E-state index contributed by atoms with van der Waals surface area (Å²) in [4.78, 5) is 22.9. The summed E-state index contributed by atoms with van der Waals surface area (Å²) in [6.07, 6.45) is -2.51. The summed E-state index contributed by atoms with van der Waals surface area (Å²) in [5, 5.41) is 11.5. The number of carbonyl (C=O) groups is 2. The Labute approximate surface area is 114 Å². The van der Waals surface area contributed by atoms with Gasteiger partial charge in [-0.25, -0.2) is 0 Å². The SMILES string of the molecule is O=C(NCC1(C(=O)O)CC1)C1CCCC(C(F)(F)F)C1. The van der Waals surface area contributed by atoms with Crippen molar-refractivity contribution in [2.45, 2.75) is 44.7 Å². The van der Waals surface area contributed by atoms with Crippen LogP contribution in [0.3, 0.4) is 0 Å². The fourth-order valence-electron chi connectivity index (χ4n) is 2.74. The molecule has 0 spiro atoms. The molecule has 114 valence electrons. The second-order valence-electron chi connectivity index (χ2n) is 5.91. The summed E-state index contributed by atoms with van der Waals surface area (Å²) in [5.74, 6) is -3.46. The van der Waals surface area contributed by atoms with E-state index in [0.29, 0.717) is 25.7 Å². The van der Waals surface area contributed by atoms with Gasteiger partial charge in [-0.2, -0.15) is 13.2 Å². The van der Waals surface area contributed by atoms with E-state index in [1.807, 2.05) is 0 Å². The highest BCUT2D eigenvalue weighted by Crippen LogP contribution is 2.45. The van der Waals surface area contributed by atoms with Gasteiger partial charge in [0, 0.05) is 12.5 Å². The summed E-state index contributed by atoms with van der Waals surface area (Å²) < 4.78 is 38.0. The maximum absolute atomic E-state index is 12.7. The molecule has 1 amide bonds. The molecule has 0 heterocycles. The third-order valence-corrected chi connectivity index (χ3v) is 4.42. The van der Waals surface area contributed by atoms with Crippen LogP contribution in [0.25, 0.3) is 0 Å². The van der Waals surface area contributed by atoms with E-state index in [0.717, 1.165) is 0 Å². The van der Waals surface area contributed by atoms with Crippen LogP contribution in [-0.2, 0) is 9.59 Å². The Kier molecular flexibility index (Phi) is 3.97. The number of carbonyl (C=O) groups excluding carboxylic acids is 1. The van der Waals surface area contributed by atoms with Gasteiger partial charge in [0.2, 0.25) is 5.91 Å². The van der Waals surface area contributed by atoms with Crippen LogP contribution in [0.4, 0.5) is 13.2 Å². The molecule has 0 aromatic heterocycles. The third kappa shape index (κ3) is 3.24. The number of carboxylic acids is 1. The highest BCUT2D eigenvalue weighted by Gasteiger charge is 2.50. The lowest BCUT2D eigenvalue weighted by Gasteiger charge is -2.30. The number of halogens is 3. The number of alkyl halides is 3. The lowest BCUT2D eigenvalue weighted by atomic mass is 9.80. The summed E-state index contributed by atoms with van der Waals surface area (Å²) in [6.45, 7) is 0.0222. The lowest BCUT2D eigenvalue weighted by Crippen LogP contribution is -2.40. The predicted octanol–water partition coefficient (Wildman–Crippen LogP) is 2.34. The molecule has 0 aromatic rings. The van der Waals surface area contributed by atoms with Crippen LogP contribution in [-0.4, -0.2) is 29.7 Å². The highest BCUT2D eigenvalue weighted by molar-refractivity contribution is 5.82. The van der Waals surface area contributed by atoms with E-state index in [1.165, 1.54) is 0 Å². The second kappa shape index (κ2) is 5.26. The van der Waals surface area contributed by atoms with Gasteiger partial charge in [0.25, 0.3) is 0 Å². The van der Waals surface area contributed by atoms with Crippen LogP contribution in [0, 0.1) is 17.3 Å². The highest BCUT2D eigenvalue weighted by atomic mass is 19.4. The van der Waals surface area contributed by atoms with Crippen LogP contribution in [0.1, 0.15) is 38.5 Å². The minimum atomic E-state index is -4.25. The molecule has 2 N–H and O–H groups in total. The molecule has 2 atom stereocenters. The first-order valence-corrected chi connectivity index (χ1v) is 6.82. The van der Waals surface area contributed by atoms with E-state index in [4.69, 9.17) is 5.11 Å². The number of nitrogens with one attached hydrogen (secondary N) is 1. The topological polar surface area (TPSA) is 66.4 Å². The Morgan fingerprint density at radius 1 is 1.25 bits per heavy atom. The lowest BCUT2D eigenvalue weighted by molar-refractivity contribution is -0.186. The van der Waals surface area contributed by atoms with Crippen LogP contribution in [0.15, 0.2) is 0 Å². The standard InChI is InChI=1S/C13H18F3NO3/c14-13(15,16)9-3-1-2-8(6-9)10(18)17-7-12(4-5-12)11(19)20/h8-9H,1-7H2,(H,17,18)(H,19,20). The van der Waals surface area contributed by atoms with E-state index in [2.05, 4.69) is 5.32 Å². The fraction of sp³-hybridized carbons (Fsp3) is 0.846. The Hall–Kier alpha value is -1.27. The second-order valence-corrected chi connectivity index (χ2v) is 5.91. The molecular weight excluding hydrogens is 275 g/mol. The van der Waals surface area contributed by atoms with Gasteiger partial charge in [0.05, 0.1) is 11.3 Å². The maximum Gasteiger partial charge on any atom is 0.391 e. The van der Waals surface area contributed by atoms with Gasteiger partial charge in [-0.3, -0.25) is 9.59 Å². The number of hydrogen-bond donors (Lipinski definition) is 2. The smallest absolute Gasteiger partial charge is 0.391 e. The third-order valence-electron chi connectivity index (χ3n) is 4.42. The van der Waals surface area contributed by atoms with Crippen LogP contribution in [0.2, 0.25) is 0 Å². The predicted molar refractivity (Wildman–Crippen MR) is 63.8 cm³/mol. The molecule has 2 rings (SSSR count). The quantitative estimate of drug-likeness (QED) is 0.836. The van der Waals surface area contributed by atoms with Crippen LogP contribution in [0.5, 0.6) is 0 Å². The first kappa shape index (κ1) is 15.1. The summed E-state index contributed by atoms with van der Waals surface area (Å²) in [7, 11) is 0. The molecule has 0 radical (unpaired) electrons. The molecule has 20 heavy (non-hydrogen) atoms. The maximum atomic E-state index is 12.7. The van der Waals surface area contributed by atoms with E-state index in [9.17, 15) is 22.8 Å². The van der Waals surface area contributed by atoms with E-state index in [-0.39, 0.29) is 19.4 Å². The zero-order valence-corrected chi connectivity index (χ0v) is 11.0. The minimum absolute atomic E-state index is 0.0222. The van der Waals surface area contributed by atoms with Gasteiger partial charge >= 0.3 is 12.1 Å². The van der Waals surface area contributed by atoms with Crippen molar-refractivity contribution < 1.29 is 27.9 Å². The van der Waals surface area contributed by atoms with Gasteiger partial charge in [-0.05, 0) is 32.1 Å². The minimum Gasteiger partial charge on any atom is -0.481 e. The first-order valence-electron chi connectivity index (χ1n) is 6.82. The van der Waals surface area contributed by atoms with E-state index < -0.39 is 35.3 Å². The van der Waals surface area contributed by atoms with Crippen molar-refractivity contribution in [3.05, 3.63) is 0 Å². The molecule has 0 bridgehead atoms. The Balaban J connectivity index is 1.85. The first-order chi connectivity index (χ1) is 9.24. The Morgan fingerprint density at radius 2 is 1.90 bits per heavy atom. The number of carboxylic acid groups (broad SMARTS) is 1. The van der Waals surface area contributed by atoms with E-state index >= 15 is 0 Å². The molecular formula is C13H18F3NO3. The summed E-state index contributed by atoms with van der Waals surface area (Å²) in [6, 6.07) is 0. The van der Waals surface area contributed by atoms with Crippen molar-refractivity contribution in [3.63, 3.8) is 0 Å². The normalized spacial score (nSPS) is 28.8.